The maximum absolute atomic E-state index is 14.9. The van der Waals surface area contributed by atoms with E-state index in [2.05, 4.69) is 94.1 Å². The fraction of sp³-hybridized carbons (Fsp3) is 0.182. The minimum absolute atomic E-state index is 0.213. The van der Waals surface area contributed by atoms with Gasteiger partial charge in [0.25, 0.3) is 0 Å². The van der Waals surface area contributed by atoms with Gasteiger partial charge in [0.15, 0.2) is 0 Å². The molecular formula is C33H30N4O. The molecule has 0 bridgehead atoms. The van der Waals surface area contributed by atoms with Crippen molar-refractivity contribution in [1.82, 2.24) is 19.1 Å². The Bertz CT molecular complexity index is 1590. The van der Waals surface area contributed by atoms with Crippen LogP contribution in [0.2, 0.25) is 0 Å². The molecule has 0 saturated heterocycles. The summed E-state index contributed by atoms with van der Waals surface area (Å²) in [6, 6.07) is 24.7. The third-order valence-corrected chi connectivity index (χ3v) is 7.62. The van der Waals surface area contributed by atoms with Crippen molar-refractivity contribution in [2.24, 2.45) is 14.1 Å². The summed E-state index contributed by atoms with van der Waals surface area (Å²) in [5.74, 6) is -0.442. The molecule has 0 saturated carbocycles. The van der Waals surface area contributed by atoms with Crippen molar-refractivity contribution in [1.29, 1.82) is 0 Å². The van der Waals surface area contributed by atoms with Gasteiger partial charge in [0.05, 0.1) is 0 Å². The van der Waals surface area contributed by atoms with E-state index in [1.807, 2.05) is 36.7 Å². The molecule has 0 aliphatic heterocycles. The Hall–Kier alpha value is -4.51. The average Bonchev–Trinajstić information content (AvgIpc) is 3.48. The number of pyridine rings is 2. The Morgan fingerprint density at radius 2 is 1.11 bits per heavy atom. The van der Waals surface area contributed by atoms with Crippen molar-refractivity contribution < 1.29 is 4.79 Å². The van der Waals surface area contributed by atoms with Crippen molar-refractivity contribution in [3.63, 3.8) is 0 Å². The smallest absolute Gasteiger partial charge is 0.148 e. The lowest BCUT2D eigenvalue weighted by Gasteiger charge is -2.23. The number of ketones is 1. The minimum atomic E-state index is -0.328. The number of fused-ring (bicyclic) bond motifs is 2. The predicted octanol–water partition coefficient (Wildman–Crippen LogP) is 6.38. The molecule has 2 atom stereocenters. The zero-order valence-corrected chi connectivity index (χ0v) is 21.7. The van der Waals surface area contributed by atoms with Gasteiger partial charge in [-0.15, -0.1) is 0 Å². The number of para-hydroxylation sites is 2. The number of aromatic nitrogens is 4. The predicted molar refractivity (Wildman–Crippen MR) is 152 cm³/mol. The van der Waals surface area contributed by atoms with E-state index >= 15 is 0 Å². The van der Waals surface area contributed by atoms with Crippen LogP contribution >= 0.6 is 0 Å². The van der Waals surface area contributed by atoms with Gasteiger partial charge in [-0.3, -0.25) is 14.8 Å². The first-order chi connectivity index (χ1) is 18.6. The highest BCUT2D eigenvalue weighted by Gasteiger charge is 2.33. The summed E-state index contributed by atoms with van der Waals surface area (Å²) < 4.78 is 4.25. The molecule has 5 heteroatoms. The quantitative estimate of drug-likeness (QED) is 0.245. The third-order valence-electron chi connectivity index (χ3n) is 7.62. The first-order valence-corrected chi connectivity index (χ1v) is 13.0. The summed E-state index contributed by atoms with van der Waals surface area (Å²) in [6.45, 7) is 0. The van der Waals surface area contributed by atoms with Gasteiger partial charge in [0.1, 0.15) is 5.78 Å². The number of carbonyl (C=O) groups is 1. The van der Waals surface area contributed by atoms with E-state index < -0.39 is 0 Å². The van der Waals surface area contributed by atoms with Crippen LogP contribution in [0.25, 0.3) is 21.8 Å². The molecule has 0 aliphatic rings. The number of rotatable bonds is 8. The van der Waals surface area contributed by atoms with E-state index in [0.29, 0.717) is 12.8 Å². The molecule has 6 aromatic rings. The van der Waals surface area contributed by atoms with Gasteiger partial charge in [-0.05, 0) is 59.4 Å². The summed E-state index contributed by atoms with van der Waals surface area (Å²) >= 11 is 0. The zero-order valence-electron chi connectivity index (χ0n) is 21.7. The first kappa shape index (κ1) is 23.9. The van der Waals surface area contributed by atoms with Crippen LogP contribution in [0.5, 0.6) is 0 Å². The fourth-order valence-corrected chi connectivity index (χ4v) is 5.78. The van der Waals surface area contributed by atoms with Gasteiger partial charge in [-0.25, -0.2) is 0 Å². The molecule has 6 rings (SSSR count). The molecule has 0 amide bonds. The first-order valence-electron chi connectivity index (χ1n) is 13.0. The van der Waals surface area contributed by atoms with Crippen LogP contribution in [0.15, 0.2) is 110 Å². The molecular weight excluding hydrogens is 468 g/mol. The minimum Gasteiger partial charge on any atom is -0.350 e. The van der Waals surface area contributed by atoms with Crippen molar-refractivity contribution in [3.8, 4) is 0 Å². The van der Waals surface area contributed by atoms with E-state index in [1.165, 1.54) is 0 Å². The van der Waals surface area contributed by atoms with Crippen LogP contribution < -0.4 is 0 Å². The monoisotopic (exact) mass is 498 g/mol. The van der Waals surface area contributed by atoms with Crippen molar-refractivity contribution in [2.45, 2.75) is 24.7 Å². The molecule has 0 fully saturated rings. The Morgan fingerprint density at radius 3 is 1.53 bits per heavy atom. The highest BCUT2D eigenvalue weighted by Crippen LogP contribution is 2.38. The highest BCUT2D eigenvalue weighted by molar-refractivity contribution is 6.00. The maximum atomic E-state index is 14.9. The molecule has 4 aromatic heterocycles. The fourth-order valence-electron chi connectivity index (χ4n) is 5.78. The lowest BCUT2D eigenvalue weighted by Crippen LogP contribution is -2.24. The molecule has 0 spiro atoms. The SMILES string of the molecule is Cn1cc(C(Cc2cccnc2)C(=O)C(Cc2cccnc2)c2cn(C)c3ccccc23)c2ccccc21. The standard InChI is InChI=1S/C33H30N4O/c1-36-21-29(25-11-3-5-13-31(25)36)27(17-23-9-7-15-34-19-23)33(38)28(18-24-10-8-16-35-20-24)30-22-37(2)32-14-6-4-12-26(30)32/h3-16,19-22,27-28H,17-18H2,1-2H3. The molecule has 188 valence electrons. The van der Waals surface area contributed by atoms with E-state index in [-0.39, 0.29) is 17.6 Å². The molecule has 5 nitrogen and oxygen atoms in total. The Balaban J connectivity index is 1.52. The van der Waals surface area contributed by atoms with Gasteiger partial charge in [0.2, 0.25) is 0 Å². The topological polar surface area (TPSA) is 52.7 Å². The van der Waals surface area contributed by atoms with Gasteiger partial charge < -0.3 is 9.13 Å². The number of hydrogen-bond donors (Lipinski definition) is 0. The summed E-state index contributed by atoms with van der Waals surface area (Å²) in [4.78, 5) is 23.6. The number of benzene rings is 2. The summed E-state index contributed by atoms with van der Waals surface area (Å²) in [7, 11) is 4.10. The number of hydrogen-bond acceptors (Lipinski definition) is 3. The average molecular weight is 499 g/mol. The van der Waals surface area contributed by atoms with E-state index in [0.717, 1.165) is 44.1 Å². The third kappa shape index (κ3) is 4.41. The van der Waals surface area contributed by atoms with Crippen molar-refractivity contribution in [2.75, 3.05) is 0 Å². The van der Waals surface area contributed by atoms with Crippen LogP contribution in [0, 0.1) is 0 Å². The van der Waals surface area contributed by atoms with Gasteiger partial charge in [-0.1, -0.05) is 48.5 Å². The lowest BCUT2D eigenvalue weighted by molar-refractivity contribution is -0.121. The largest absolute Gasteiger partial charge is 0.350 e. The number of nitrogens with zero attached hydrogens (tertiary/aromatic N) is 4. The second-order valence-corrected chi connectivity index (χ2v) is 10.1. The van der Waals surface area contributed by atoms with Gasteiger partial charge in [-0.2, -0.15) is 0 Å². The second kappa shape index (κ2) is 10.1. The van der Waals surface area contributed by atoms with E-state index in [9.17, 15) is 4.79 Å². The molecule has 4 heterocycles. The molecule has 0 radical (unpaired) electrons. The number of carbonyl (C=O) groups excluding carboxylic acids is 1. The highest BCUT2D eigenvalue weighted by atomic mass is 16.1. The summed E-state index contributed by atoms with van der Waals surface area (Å²) in [5.41, 5.74) is 6.48. The Labute approximate surface area is 222 Å². The van der Waals surface area contributed by atoms with E-state index in [4.69, 9.17) is 0 Å². The molecule has 2 aromatic carbocycles. The van der Waals surface area contributed by atoms with Crippen LogP contribution in [-0.2, 0) is 31.7 Å². The Kier molecular flexibility index (Phi) is 6.34. The van der Waals surface area contributed by atoms with E-state index in [1.54, 1.807) is 12.4 Å². The van der Waals surface area contributed by atoms with Gasteiger partial charge in [0, 0.05) is 84.9 Å². The lowest BCUT2D eigenvalue weighted by atomic mass is 9.78. The molecule has 38 heavy (non-hydrogen) atoms. The second-order valence-electron chi connectivity index (χ2n) is 10.1. The number of Topliss-reactive ketones (excluding diaryl/α,β-unsaturated/α-hetero) is 1. The molecule has 0 aliphatic carbocycles. The summed E-state index contributed by atoms with van der Waals surface area (Å²) in [5, 5.41) is 2.24. The maximum Gasteiger partial charge on any atom is 0.148 e. The van der Waals surface area contributed by atoms with Crippen molar-refractivity contribution in [3.05, 3.63) is 132 Å². The van der Waals surface area contributed by atoms with Crippen LogP contribution in [0.1, 0.15) is 34.1 Å². The molecule has 2 unspecified atom stereocenters. The van der Waals surface area contributed by atoms with Gasteiger partial charge >= 0.3 is 0 Å². The van der Waals surface area contributed by atoms with Crippen molar-refractivity contribution >= 4 is 27.6 Å². The van der Waals surface area contributed by atoms with Crippen LogP contribution in [0.4, 0.5) is 0 Å². The molecule has 0 N–H and O–H groups in total. The normalized spacial score (nSPS) is 13.1. The summed E-state index contributed by atoms with van der Waals surface area (Å²) in [6.07, 6.45) is 12.8. The Morgan fingerprint density at radius 1 is 0.658 bits per heavy atom. The van der Waals surface area contributed by atoms with Crippen LogP contribution in [0.3, 0.4) is 0 Å². The number of aryl methyl sites for hydroxylation is 2. The van der Waals surface area contributed by atoms with Crippen LogP contribution in [-0.4, -0.2) is 24.9 Å². The zero-order chi connectivity index (χ0) is 26.1.